The number of alkyl halides is 1. The highest BCUT2D eigenvalue weighted by atomic mass is 79.9. The number of hydrogen-bond acceptors (Lipinski definition) is 4. The maximum atomic E-state index is 4.23. The van der Waals surface area contributed by atoms with Crippen LogP contribution in [0.2, 0.25) is 0 Å². The average Bonchev–Trinajstić information content (AvgIpc) is 2.76. The van der Waals surface area contributed by atoms with E-state index in [-0.39, 0.29) is 0 Å². The molecule has 1 aliphatic rings. The highest BCUT2D eigenvalue weighted by Gasteiger charge is 2.29. The van der Waals surface area contributed by atoms with Crippen LogP contribution in [-0.2, 0) is 6.54 Å². The lowest BCUT2D eigenvalue weighted by atomic mass is 10.1. The van der Waals surface area contributed by atoms with Gasteiger partial charge >= 0.3 is 0 Å². The molecule has 1 aliphatic heterocycles. The fourth-order valence-corrected chi connectivity index (χ4v) is 3.29. The summed E-state index contributed by atoms with van der Waals surface area (Å²) in [7, 11) is 0. The normalized spacial score (nSPS) is 28.4. The highest BCUT2D eigenvalue weighted by molar-refractivity contribution is 9.09. The Morgan fingerprint density at radius 1 is 1.64 bits per heavy atom. The van der Waals surface area contributed by atoms with Crippen LogP contribution in [-0.4, -0.2) is 31.6 Å². The molecule has 5 heteroatoms. The monoisotopic (exact) mass is 275 g/mol. The molecule has 0 saturated carbocycles. The Balaban J connectivity index is 1.89. The topological polar surface area (TPSA) is 29.0 Å². The van der Waals surface area contributed by atoms with E-state index in [1.807, 2.05) is 6.20 Å². The summed E-state index contributed by atoms with van der Waals surface area (Å²) >= 11 is 5.03. The van der Waals surface area contributed by atoms with Crippen molar-refractivity contribution in [3.05, 3.63) is 11.9 Å². The van der Waals surface area contributed by atoms with E-state index in [2.05, 4.69) is 36.5 Å². The van der Waals surface area contributed by atoms with Crippen molar-refractivity contribution >= 4 is 27.7 Å². The van der Waals surface area contributed by atoms with E-state index >= 15 is 0 Å². The summed E-state index contributed by atoms with van der Waals surface area (Å²) in [5.74, 6) is 0.793. The molecule has 0 N–H and O–H groups in total. The predicted octanol–water partition coefficient (Wildman–Crippen LogP) is 2.14. The summed E-state index contributed by atoms with van der Waals surface area (Å²) in [6, 6.07) is 0. The zero-order chi connectivity index (χ0) is 9.97. The van der Waals surface area contributed by atoms with E-state index in [1.54, 1.807) is 0 Å². The first kappa shape index (κ1) is 10.5. The van der Waals surface area contributed by atoms with Gasteiger partial charge in [-0.1, -0.05) is 29.3 Å². The third-order valence-electron chi connectivity index (χ3n) is 2.75. The first-order chi connectivity index (χ1) is 6.79. The Kier molecular flexibility index (Phi) is 3.52. The maximum Gasteiger partial charge on any atom is 0.0883 e. The van der Waals surface area contributed by atoms with Gasteiger partial charge in [0.15, 0.2) is 0 Å². The van der Waals surface area contributed by atoms with Crippen LogP contribution in [0.5, 0.6) is 0 Å². The fourth-order valence-electron chi connectivity index (χ4n) is 1.91. The van der Waals surface area contributed by atoms with Crippen molar-refractivity contribution in [2.45, 2.75) is 24.7 Å². The van der Waals surface area contributed by atoms with Crippen molar-refractivity contribution in [3.8, 4) is 0 Å². The zero-order valence-electron chi connectivity index (χ0n) is 8.19. The molecule has 0 radical (unpaired) electrons. The van der Waals surface area contributed by atoms with Gasteiger partial charge in [0, 0.05) is 24.5 Å². The third kappa shape index (κ3) is 2.32. The van der Waals surface area contributed by atoms with Crippen molar-refractivity contribution in [1.29, 1.82) is 0 Å². The van der Waals surface area contributed by atoms with E-state index in [9.17, 15) is 0 Å². The summed E-state index contributed by atoms with van der Waals surface area (Å²) in [5.41, 5.74) is 1.10. The summed E-state index contributed by atoms with van der Waals surface area (Å²) in [5, 5.41) is 0. The summed E-state index contributed by atoms with van der Waals surface area (Å²) in [6.45, 7) is 5.53. The molecule has 3 nitrogen and oxygen atoms in total. The van der Waals surface area contributed by atoms with Crippen molar-refractivity contribution in [2.24, 2.45) is 5.92 Å². The average molecular weight is 276 g/mol. The number of aromatic nitrogens is 2. The minimum atomic E-state index is 0.652. The zero-order valence-corrected chi connectivity index (χ0v) is 10.6. The molecule has 2 rings (SSSR count). The molecule has 0 bridgehead atoms. The number of likely N-dealkylation sites (tertiary alicyclic amines) is 1. The van der Waals surface area contributed by atoms with Gasteiger partial charge in [0.05, 0.1) is 23.6 Å². The molecule has 1 aromatic heterocycles. The second kappa shape index (κ2) is 4.68. The molecule has 0 aromatic carbocycles. The SMILES string of the molecule is CCC1CN(Cc2cnsn2)CC1Br. The van der Waals surface area contributed by atoms with Gasteiger partial charge in [-0.15, -0.1) is 0 Å². The molecular weight excluding hydrogens is 262 g/mol. The lowest BCUT2D eigenvalue weighted by Gasteiger charge is -2.12. The number of nitrogens with zero attached hydrogens (tertiary/aromatic N) is 3. The van der Waals surface area contributed by atoms with Crippen molar-refractivity contribution in [1.82, 2.24) is 13.6 Å². The largest absolute Gasteiger partial charge is 0.296 e. The Labute approximate surface area is 97.0 Å². The van der Waals surface area contributed by atoms with Crippen LogP contribution in [0.15, 0.2) is 6.20 Å². The van der Waals surface area contributed by atoms with Crippen LogP contribution in [0.4, 0.5) is 0 Å². The summed E-state index contributed by atoms with van der Waals surface area (Å²) < 4.78 is 8.24. The van der Waals surface area contributed by atoms with Gasteiger partial charge in [0.25, 0.3) is 0 Å². The van der Waals surface area contributed by atoms with E-state index in [4.69, 9.17) is 0 Å². The molecule has 0 spiro atoms. The van der Waals surface area contributed by atoms with Crippen LogP contribution in [0.1, 0.15) is 19.0 Å². The molecule has 2 atom stereocenters. The maximum absolute atomic E-state index is 4.23. The summed E-state index contributed by atoms with van der Waals surface area (Å²) in [6.07, 6.45) is 3.12. The van der Waals surface area contributed by atoms with Gasteiger partial charge < -0.3 is 0 Å². The third-order valence-corrected chi connectivity index (χ3v) is 4.31. The van der Waals surface area contributed by atoms with E-state index in [1.165, 1.54) is 24.7 Å². The Bertz CT molecular complexity index is 278. The molecule has 0 aliphatic carbocycles. The van der Waals surface area contributed by atoms with Crippen LogP contribution in [0, 0.1) is 5.92 Å². The Hall–Kier alpha value is -0.0000000000000000555. The van der Waals surface area contributed by atoms with Gasteiger partial charge in [0.1, 0.15) is 0 Å². The molecule has 0 amide bonds. The lowest BCUT2D eigenvalue weighted by Crippen LogP contribution is -2.20. The minimum absolute atomic E-state index is 0.652. The van der Waals surface area contributed by atoms with Crippen LogP contribution in [0.25, 0.3) is 0 Å². The van der Waals surface area contributed by atoms with Crippen molar-refractivity contribution in [2.75, 3.05) is 13.1 Å². The van der Waals surface area contributed by atoms with Gasteiger partial charge in [-0.25, -0.2) is 0 Å². The van der Waals surface area contributed by atoms with Gasteiger partial charge in [-0.05, 0) is 5.92 Å². The molecule has 14 heavy (non-hydrogen) atoms. The van der Waals surface area contributed by atoms with E-state index in [0.29, 0.717) is 4.83 Å². The Morgan fingerprint density at radius 3 is 3.07 bits per heavy atom. The van der Waals surface area contributed by atoms with Crippen molar-refractivity contribution < 1.29 is 0 Å². The molecule has 1 saturated heterocycles. The molecule has 1 aromatic rings. The molecule has 1 fully saturated rings. The molecule has 2 unspecified atom stereocenters. The molecule has 78 valence electrons. The minimum Gasteiger partial charge on any atom is -0.296 e. The first-order valence-corrected chi connectivity index (χ1v) is 6.57. The van der Waals surface area contributed by atoms with Gasteiger partial charge in [0.2, 0.25) is 0 Å². The lowest BCUT2D eigenvalue weighted by molar-refractivity contribution is 0.312. The second-order valence-corrected chi connectivity index (χ2v) is 5.51. The molecular formula is C9H14BrN3S. The van der Waals surface area contributed by atoms with Gasteiger partial charge in [-0.3, -0.25) is 4.90 Å². The van der Waals surface area contributed by atoms with E-state index in [0.717, 1.165) is 24.7 Å². The number of hydrogen-bond donors (Lipinski definition) is 0. The quantitative estimate of drug-likeness (QED) is 0.792. The second-order valence-electron chi connectivity index (χ2n) is 3.78. The number of halogens is 1. The summed E-state index contributed by atoms with van der Waals surface area (Å²) in [4.78, 5) is 3.10. The van der Waals surface area contributed by atoms with Gasteiger partial charge in [-0.2, -0.15) is 8.75 Å². The smallest absolute Gasteiger partial charge is 0.0883 e. The Morgan fingerprint density at radius 2 is 2.50 bits per heavy atom. The molecule has 2 heterocycles. The van der Waals surface area contributed by atoms with Crippen LogP contribution < -0.4 is 0 Å². The first-order valence-electron chi connectivity index (χ1n) is 4.92. The van der Waals surface area contributed by atoms with Crippen LogP contribution in [0.3, 0.4) is 0 Å². The van der Waals surface area contributed by atoms with Crippen LogP contribution >= 0.6 is 27.7 Å². The fraction of sp³-hybridized carbons (Fsp3) is 0.778. The van der Waals surface area contributed by atoms with Crippen molar-refractivity contribution in [3.63, 3.8) is 0 Å². The van der Waals surface area contributed by atoms with E-state index < -0.39 is 0 Å². The highest BCUT2D eigenvalue weighted by Crippen LogP contribution is 2.26. The number of rotatable bonds is 3. The predicted molar refractivity (Wildman–Crippen MR) is 61.7 cm³/mol. The standard InChI is InChI=1S/C9H14BrN3S/c1-2-7-4-13(6-9(7)10)5-8-3-11-14-12-8/h3,7,9H,2,4-6H2,1H3.